The van der Waals surface area contributed by atoms with Crippen molar-refractivity contribution in [3.05, 3.63) is 0 Å². The third-order valence-corrected chi connectivity index (χ3v) is 3.28. The molecule has 1 rings (SSSR count). The fourth-order valence-electron chi connectivity index (χ4n) is 1.47. The number of sulfone groups is 1. The Morgan fingerprint density at radius 3 is 2.62 bits per heavy atom. The molecule has 13 heavy (non-hydrogen) atoms. The van der Waals surface area contributed by atoms with Crippen molar-refractivity contribution in [1.82, 2.24) is 0 Å². The van der Waals surface area contributed by atoms with Gasteiger partial charge in [-0.3, -0.25) is 0 Å². The fourth-order valence-corrected chi connectivity index (χ4v) is 2.16. The van der Waals surface area contributed by atoms with Crippen molar-refractivity contribution < 1.29 is 18.3 Å². The van der Waals surface area contributed by atoms with Crippen molar-refractivity contribution in [3.63, 3.8) is 0 Å². The SMILES string of the molecule is CS(=O)(=O)CCCC1COCC1O. The molecule has 1 fully saturated rings. The van der Waals surface area contributed by atoms with E-state index >= 15 is 0 Å². The topological polar surface area (TPSA) is 63.6 Å². The molecule has 0 bridgehead atoms. The second-order valence-electron chi connectivity index (χ2n) is 3.64. The smallest absolute Gasteiger partial charge is 0.147 e. The summed E-state index contributed by atoms with van der Waals surface area (Å²) >= 11 is 0. The molecule has 4 nitrogen and oxygen atoms in total. The molecule has 1 N–H and O–H groups in total. The van der Waals surface area contributed by atoms with Crippen LogP contribution in [-0.2, 0) is 14.6 Å². The molecular weight excluding hydrogens is 192 g/mol. The highest BCUT2D eigenvalue weighted by molar-refractivity contribution is 7.90. The molecule has 2 atom stereocenters. The van der Waals surface area contributed by atoms with Crippen LogP contribution in [0.4, 0.5) is 0 Å². The van der Waals surface area contributed by atoms with Crippen LogP contribution in [0.15, 0.2) is 0 Å². The predicted octanol–water partition coefficient (Wildman–Crippen LogP) is -0.181. The number of rotatable bonds is 4. The summed E-state index contributed by atoms with van der Waals surface area (Å²) in [4.78, 5) is 0. The first-order valence-electron chi connectivity index (χ1n) is 4.42. The zero-order chi connectivity index (χ0) is 9.90. The summed E-state index contributed by atoms with van der Waals surface area (Å²) < 4.78 is 26.6. The van der Waals surface area contributed by atoms with E-state index in [1.54, 1.807) is 0 Å². The van der Waals surface area contributed by atoms with E-state index in [4.69, 9.17) is 4.74 Å². The van der Waals surface area contributed by atoms with E-state index in [9.17, 15) is 13.5 Å². The van der Waals surface area contributed by atoms with Crippen LogP contribution in [0.3, 0.4) is 0 Å². The number of aliphatic hydroxyl groups excluding tert-OH is 1. The lowest BCUT2D eigenvalue weighted by molar-refractivity contribution is 0.117. The molecule has 1 aliphatic heterocycles. The zero-order valence-electron chi connectivity index (χ0n) is 7.77. The minimum absolute atomic E-state index is 0.127. The largest absolute Gasteiger partial charge is 0.390 e. The summed E-state index contributed by atoms with van der Waals surface area (Å²) in [6.45, 7) is 0.953. The van der Waals surface area contributed by atoms with Crippen LogP contribution in [0.5, 0.6) is 0 Å². The fraction of sp³-hybridized carbons (Fsp3) is 1.00. The van der Waals surface area contributed by atoms with E-state index in [1.807, 2.05) is 0 Å². The van der Waals surface area contributed by atoms with Crippen LogP contribution in [0.25, 0.3) is 0 Å². The summed E-state index contributed by atoms with van der Waals surface area (Å²) in [5.41, 5.74) is 0. The van der Waals surface area contributed by atoms with Crippen LogP contribution in [0.1, 0.15) is 12.8 Å². The van der Waals surface area contributed by atoms with Crippen LogP contribution in [-0.4, -0.2) is 44.9 Å². The molecule has 0 aromatic carbocycles. The van der Waals surface area contributed by atoms with Gasteiger partial charge in [0.2, 0.25) is 0 Å². The number of hydrogen-bond acceptors (Lipinski definition) is 4. The highest BCUT2D eigenvalue weighted by atomic mass is 32.2. The van der Waals surface area contributed by atoms with Crippen molar-refractivity contribution >= 4 is 9.84 Å². The van der Waals surface area contributed by atoms with Gasteiger partial charge in [0, 0.05) is 17.9 Å². The van der Waals surface area contributed by atoms with Crippen molar-refractivity contribution in [3.8, 4) is 0 Å². The van der Waals surface area contributed by atoms with Crippen LogP contribution in [0.2, 0.25) is 0 Å². The van der Waals surface area contributed by atoms with Crippen LogP contribution < -0.4 is 0 Å². The van der Waals surface area contributed by atoms with Gasteiger partial charge in [-0.05, 0) is 12.8 Å². The normalized spacial score (nSPS) is 29.4. The lowest BCUT2D eigenvalue weighted by Crippen LogP contribution is -2.18. The van der Waals surface area contributed by atoms with Crippen LogP contribution >= 0.6 is 0 Å². The van der Waals surface area contributed by atoms with Crippen LogP contribution in [0, 0.1) is 5.92 Å². The number of hydrogen-bond donors (Lipinski definition) is 1. The molecule has 0 amide bonds. The first-order chi connectivity index (χ1) is 5.99. The Kier molecular flexibility index (Phi) is 3.70. The van der Waals surface area contributed by atoms with Gasteiger partial charge in [-0.15, -0.1) is 0 Å². The zero-order valence-corrected chi connectivity index (χ0v) is 8.59. The Morgan fingerprint density at radius 2 is 2.15 bits per heavy atom. The maximum absolute atomic E-state index is 10.8. The van der Waals surface area contributed by atoms with Gasteiger partial charge in [0.05, 0.1) is 19.3 Å². The molecule has 1 heterocycles. The van der Waals surface area contributed by atoms with E-state index < -0.39 is 15.9 Å². The Morgan fingerprint density at radius 1 is 1.46 bits per heavy atom. The first-order valence-corrected chi connectivity index (χ1v) is 6.48. The Bertz CT molecular complexity index is 247. The number of aliphatic hydroxyl groups is 1. The average molecular weight is 208 g/mol. The molecule has 0 saturated carbocycles. The van der Waals surface area contributed by atoms with Gasteiger partial charge in [-0.2, -0.15) is 0 Å². The van der Waals surface area contributed by atoms with Gasteiger partial charge >= 0.3 is 0 Å². The minimum Gasteiger partial charge on any atom is -0.390 e. The summed E-state index contributed by atoms with van der Waals surface area (Å²) in [5.74, 6) is 0.331. The highest BCUT2D eigenvalue weighted by Crippen LogP contribution is 2.18. The third-order valence-electron chi connectivity index (χ3n) is 2.25. The van der Waals surface area contributed by atoms with E-state index in [2.05, 4.69) is 0 Å². The van der Waals surface area contributed by atoms with Gasteiger partial charge in [0.1, 0.15) is 9.84 Å². The van der Waals surface area contributed by atoms with E-state index in [1.165, 1.54) is 6.26 Å². The Hall–Kier alpha value is -0.130. The summed E-state index contributed by atoms with van der Waals surface area (Å²) in [6.07, 6.45) is 2.17. The molecule has 0 spiro atoms. The molecule has 1 aliphatic rings. The van der Waals surface area contributed by atoms with E-state index in [-0.39, 0.29) is 11.7 Å². The molecule has 0 aliphatic carbocycles. The summed E-state index contributed by atoms with van der Waals surface area (Å²) in [6, 6.07) is 0. The second-order valence-corrected chi connectivity index (χ2v) is 5.90. The van der Waals surface area contributed by atoms with Crippen molar-refractivity contribution in [2.24, 2.45) is 5.92 Å². The maximum Gasteiger partial charge on any atom is 0.147 e. The van der Waals surface area contributed by atoms with Crippen molar-refractivity contribution in [2.75, 3.05) is 25.2 Å². The Balaban J connectivity index is 2.19. The van der Waals surface area contributed by atoms with Gasteiger partial charge in [0.15, 0.2) is 0 Å². The quantitative estimate of drug-likeness (QED) is 0.696. The van der Waals surface area contributed by atoms with Gasteiger partial charge in [-0.25, -0.2) is 8.42 Å². The highest BCUT2D eigenvalue weighted by Gasteiger charge is 2.25. The minimum atomic E-state index is -2.86. The Labute approximate surface area is 78.8 Å². The standard InChI is InChI=1S/C8H16O4S/c1-13(10,11)4-2-3-7-5-12-6-8(7)9/h7-9H,2-6H2,1H3. The predicted molar refractivity (Wildman–Crippen MR) is 49.3 cm³/mol. The number of ether oxygens (including phenoxy) is 1. The monoisotopic (exact) mass is 208 g/mol. The maximum atomic E-state index is 10.8. The molecule has 0 aromatic heterocycles. The van der Waals surface area contributed by atoms with Gasteiger partial charge in [0.25, 0.3) is 0 Å². The van der Waals surface area contributed by atoms with Crippen molar-refractivity contribution in [2.45, 2.75) is 18.9 Å². The van der Waals surface area contributed by atoms with Crippen molar-refractivity contribution in [1.29, 1.82) is 0 Å². The summed E-state index contributed by atoms with van der Waals surface area (Å²) in [7, 11) is -2.86. The molecule has 1 saturated heterocycles. The molecule has 0 aromatic rings. The van der Waals surface area contributed by atoms with Gasteiger partial charge in [-0.1, -0.05) is 0 Å². The third kappa shape index (κ3) is 4.06. The first kappa shape index (κ1) is 10.9. The van der Waals surface area contributed by atoms with Gasteiger partial charge < -0.3 is 9.84 Å². The molecule has 2 unspecified atom stereocenters. The average Bonchev–Trinajstić information content (AvgIpc) is 2.34. The molecule has 0 radical (unpaired) electrons. The lowest BCUT2D eigenvalue weighted by atomic mass is 10.0. The molecule has 78 valence electrons. The van der Waals surface area contributed by atoms with E-state index in [0.717, 1.165) is 6.42 Å². The molecular formula is C8H16O4S. The molecule has 5 heteroatoms. The van der Waals surface area contributed by atoms with E-state index in [0.29, 0.717) is 19.6 Å². The second kappa shape index (κ2) is 4.39. The summed E-state index contributed by atoms with van der Waals surface area (Å²) in [5, 5.41) is 9.34. The lowest BCUT2D eigenvalue weighted by Gasteiger charge is -2.10.